The number of carbonyl (C=O) groups excluding carboxylic acids is 1. The first kappa shape index (κ1) is 13.4. The maximum absolute atomic E-state index is 12.3. The zero-order chi connectivity index (χ0) is 14.0. The average Bonchev–Trinajstić information content (AvgIpc) is 2.83. The number of pyridine rings is 1. The van der Waals surface area contributed by atoms with E-state index in [2.05, 4.69) is 26.0 Å². The van der Waals surface area contributed by atoms with Gasteiger partial charge in [-0.25, -0.2) is 4.98 Å². The normalized spacial score (nSPS) is 10.5. The molecule has 0 amide bonds. The van der Waals surface area contributed by atoms with E-state index >= 15 is 0 Å². The van der Waals surface area contributed by atoms with Gasteiger partial charge in [-0.2, -0.15) is 10.4 Å². The summed E-state index contributed by atoms with van der Waals surface area (Å²) in [5.74, 6) is -0.254. The fraction of sp³-hybridized carbons (Fsp3) is 0.231. The summed E-state index contributed by atoms with van der Waals surface area (Å²) >= 11 is 3.23. The van der Waals surface area contributed by atoms with Crippen molar-refractivity contribution in [3.05, 3.63) is 46.0 Å². The van der Waals surface area contributed by atoms with Gasteiger partial charge in [-0.1, -0.05) is 0 Å². The van der Waals surface area contributed by atoms with Gasteiger partial charge in [0.25, 0.3) is 0 Å². The lowest BCUT2D eigenvalue weighted by atomic mass is 10.1. The van der Waals surface area contributed by atoms with Gasteiger partial charge in [0.2, 0.25) is 5.78 Å². The molecule has 96 valence electrons. The number of nitrogens with zero attached hydrogens (tertiary/aromatic N) is 4. The van der Waals surface area contributed by atoms with Crippen molar-refractivity contribution in [2.75, 3.05) is 0 Å². The maximum atomic E-state index is 12.3. The average molecular weight is 319 g/mol. The molecule has 0 atom stereocenters. The molecule has 0 radical (unpaired) electrons. The molecule has 0 bridgehead atoms. The zero-order valence-electron chi connectivity index (χ0n) is 10.5. The second kappa shape index (κ2) is 5.33. The van der Waals surface area contributed by atoms with Crippen molar-refractivity contribution >= 4 is 21.7 Å². The summed E-state index contributed by atoms with van der Waals surface area (Å²) in [4.78, 5) is 16.3. The molecule has 0 spiro atoms. The Bertz CT molecular complexity index is 670. The Morgan fingerprint density at radius 2 is 2.26 bits per heavy atom. The van der Waals surface area contributed by atoms with E-state index in [-0.39, 0.29) is 17.5 Å². The smallest absolute Gasteiger partial charge is 0.215 e. The van der Waals surface area contributed by atoms with E-state index in [0.29, 0.717) is 15.9 Å². The Labute approximate surface area is 119 Å². The Kier molecular flexibility index (Phi) is 3.76. The molecule has 6 heteroatoms. The van der Waals surface area contributed by atoms with Crippen molar-refractivity contribution in [1.82, 2.24) is 14.8 Å². The number of nitriles is 1. The van der Waals surface area contributed by atoms with Gasteiger partial charge in [-0.3, -0.25) is 9.48 Å². The van der Waals surface area contributed by atoms with Gasteiger partial charge < -0.3 is 0 Å². The van der Waals surface area contributed by atoms with Crippen LogP contribution in [-0.2, 0) is 0 Å². The van der Waals surface area contributed by atoms with Crippen LogP contribution >= 0.6 is 15.9 Å². The molecular formula is C13H11BrN4O. The molecule has 0 aromatic carbocycles. The molecule has 0 saturated heterocycles. The predicted molar refractivity (Wildman–Crippen MR) is 72.7 cm³/mol. The molecule has 2 heterocycles. The number of hydrogen-bond donors (Lipinski definition) is 0. The van der Waals surface area contributed by atoms with Gasteiger partial charge in [0.15, 0.2) is 0 Å². The van der Waals surface area contributed by atoms with Crippen LogP contribution in [0.3, 0.4) is 0 Å². The van der Waals surface area contributed by atoms with Crippen LogP contribution in [0.2, 0.25) is 0 Å². The molecule has 0 aliphatic carbocycles. The van der Waals surface area contributed by atoms with Crippen LogP contribution in [0.4, 0.5) is 0 Å². The summed E-state index contributed by atoms with van der Waals surface area (Å²) in [6.07, 6.45) is 1.59. The summed E-state index contributed by atoms with van der Waals surface area (Å²) in [5, 5.41) is 13.2. The van der Waals surface area contributed by atoms with E-state index in [1.807, 2.05) is 19.9 Å². The first-order valence-corrected chi connectivity index (χ1v) is 6.48. The summed E-state index contributed by atoms with van der Waals surface area (Å²) < 4.78 is 2.01. The third kappa shape index (κ3) is 2.56. The van der Waals surface area contributed by atoms with Gasteiger partial charge in [-0.15, -0.1) is 0 Å². The highest BCUT2D eigenvalue weighted by molar-refractivity contribution is 9.10. The van der Waals surface area contributed by atoms with Gasteiger partial charge in [-0.05, 0) is 41.9 Å². The van der Waals surface area contributed by atoms with Crippen molar-refractivity contribution in [3.8, 4) is 6.07 Å². The molecule has 2 rings (SSSR count). The molecule has 2 aromatic heterocycles. The Balaban J connectivity index is 2.47. The van der Waals surface area contributed by atoms with Crippen molar-refractivity contribution in [3.63, 3.8) is 0 Å². The number of rotatable bonds is 3. The minimum atomic E-state index is -0.254. The first-order chi connectivity index (χ1) is 9.04. The highest BCUT2D eigenvalue weighted by Gasteiger charge is 2.19. The van der Waals surface area contributed by atoms with Crippen LogP contribution in [0.5, 0.6) is 0 Å². The lowest BCUT2D eigenvalue weighted by Crippen LogP contribution is -2.08. The van der Waals surface area contributed by atoms with E-state index < -0.39 is 0 Å². The van der Waals surface area contributed by atoms with E-state index in [1.165, 1.54) is 10.7 Å². The molecule has 0 aliphatic rings. The zero-order valence-corrected chi connectivity index (χ0v) is 12.0. The van der Waals surface area contributed by atoms with E-state index in [1.54, 1.807) is 18.3 Å². The minimum absolute atomic E-state index is 0.0218. The third-order valence-electron chi connectivity index (χ3n) is 2.58. The van der Waals surface area contributed by atoms with Gasteiger partial charge in [0.1, 0.15) is 22.1 Å². The molecule has 5 nitrogen and oxygen atoms in total. The first-order valence-electron chi connectivity index (χ1n) is 5.69. The number of aromatic nitrogens is 3. The number of ketones is 1. The molecule has 19 heavy (non-hydrogen) atoms. The summed E-state index contributed by atoms with van der Waals surface area (Å²) in [6.45, 7) is 3.81. The molecule has 0 aliphatic heterocycles. The van der Waals surface area contributed by atoms with Crippen molar-refractivity contribution in [1.29, 1.82) is 5.26 Å². The second-order valence-electron chi connectivity index (χ2n) is 4.24. The van der Waals surface area contributed by atoms with Crippen LogP contribution in [-0.4, -0.2) is 20.5 Å². The SMILES string of the molecule is CC(C)n1nc(C(=O)c2cccnc2Br)cc1C#N. The van der Waals surface area contributed by atoms with Crippen LogP contribution < -0.4 is 0 Å². The van der Waals surface area contributed by atoms with Crippen molar-refractivity contribution < 1.29 is 4.79 Å². The van der Waals surface area contributed by atoms with E-state index in [4.69, 9.17) is 5.26 Å². The van der Waals surface area contributed by atoms with Crippen LogP contribution in [0.25, 0.3) is 0 Å². The quantitative estimate of drug-likeness (QED) is 0.644. The molecule has 0 unspecified atom stereocenters. The molecule has 0 saturated carbocycles. The van der Waals surface area contributed by atoms with Gasteiger partial charge >= 0.3 is 0 Å². The summed E-state index contributed by atoms with van der Waals surface area (Å²) in [7, 11) is 0. The van der Waals surface area contributed by atoms with E-state index in [9.17, 15) is 4.79 Å². The monoisotopic (exact) mass is 318 g/mol. The highest BCUT2D eigenvalue weighted by atomic mass is 79.9. The van der Waals surface area contributed by atoms with Crippen LogP contribution in [0.15, 0.2) is 29.0 Å². The standard InChI is InChI=1S/C13H11BrN4O/c1-8(2)18-9(7-15)6-11(17-18)12(19)10-4-3-5-16-13(10)14/h3-6,8H,1-2H3. The molecular weight excluding hydrogens is 308 g/mol. The third-order valence-corrected chi connectivity index (χ3v) is 3.21. The molecule has 2 aromatic rings. The van der Waals surface area contributed by atoms with Crippen LogP contribution in [0, 0.1) is 11.3 Å². The Morgan fingerprint density at radius 3 is 2.79 bits per heavy atom. The lowest BCUT2D eigenvalue weighted by molar-refractivity contribution is 0.103. The summed E-state index contributed by atoms with van der Waals surface area (Å²) in [5.41, 5.74) is 1.05. The molecule has 0 fully saturated rings. The van der Waals surface area contributed by atoms with Gasteiger partial charge in [0.05, 0.1) is 5.56 Å². The van der Waals surface area contributed by atoms with Crippen molar-refractivity contribution in [2.24, 2.45) is 0 Å². The topological polar surface area (TPSA) is 71.6 Å². The Hall–Kier alpha value is -2.00. The van der Waals surface area contributed by atoms with Gasteiger partial charge in [0, 0.05) is 18.3 Å². The summed E-state index contributed by atoms with van der Waals surface area (Å²) in [6, 6.07) is 6.91. The fourth-order valence-electron chi connectivity index (χ4n) is 1.68. The number of carbonyl (C=O) groups is 1. The largest absolute Gasteiger partial charge is 0.287 e. The minimum Gasteiger partial charge on any atom is -0.287 e. The predicted octanol–water partition coefficient (Wildman–Crippen LogP) is 2.72. The van der Waals surface area contributed by atoms with E-state index in [0.717, 1.165) is 0 Å². The highest BCUT2D eigenvalue weighted by Crippen LogP contribution is 2.18. The number of halogens is 1. The van der Waals surface area contributed by atoms with Crippen molar-refractivity contribution in [2.45, 2.75) is 19.9 Å². The second-order valence-corrected chi connectivity index (χ2v) is 4.99. The lowest BCUT2D eigenvalue weighted by Gasteiger charge is -2.05. The Morgan fingerprint density at radius 1 is 1.53 bits per heavy atom. The van der Waals surface area contributed by atoms with Crippen LogP contribution in [0.1, 0.15) is 41.6 Å². The maximum Gasteiger partial charge on any atom is 0.215 e. The molecule has 0 N–H and O–H groups in total. The fourth-order valence-corrected chi connectivity index (χ4v) is 2.11. The number of hydrogen-bond acceptors (Lipinski definition) is 4.